The predicted molar refractivity (Wildman–Crippen MR) is 72.6 cm³/mol. The van der Waals surface area contributed by atoms with Gasteiger partial charge in [0.05, 0.1) is 13.2 Å². The van der Waals surface area contributed by atoms with Crippen molar-refractivity contribution in [1.29, 1.82) is 0 Å². The van der Waals surface area contributed by atoms with Gasteiger partial charge in [0.15, 0.2) is 0 Å². The van der Waals surface area contributed by atoms with Gasteiger partial charge in [-0.2, -0.15) is 4.98 Å². The summed E-state index contributed by atoms with van der Waals surface area (Å²) in [6, 6.07) is 0. The molecular weight excluding hydrogens is 246 g/mol. The molecule has 19 heavy (non-hydrogen) atoms. The van der Waals surface area contributed by atoms with Gasteiger partial charge in [-0.25, -0.2) is 4.98 Å². The molecule has 0 unspecified atom stereocenters. The normalized spacial score (nSPS) is 15.2. The Kier molecular flexibility index (Phi) is 4.16. The van der Waals surface area contributed by atoms with Crippen LogP contribution in [0.4, 0.5) is 11.8 Å². The minimum Gasteiger partial charge on any atom is -0.378 e. The maximum Gasteiger partial charge on any atom is 0.259 e. The summed E-state index contributed by atoms with van der Waals surface area (Å²) in [5, 5.41) is 2.95. The summed E-state index contributed by atoms with van der Waals surface area (Å²) in [5.41, 5.74) is 0.495. The maximum atomic E-state index is 12.4. The van der Waals surface area contributed by atoms with Crippen molar-refractivity contribution in [2.75, 3.05) is 57.7 Å². The van der Waals surface area contributed by atoms with Gasteiger partial charge < -0.3 is 19.9 Å². The molecule has 1 aliphatic rings. The molecule has 1 amide bonds. The molecule has 7 nitrogen and oxygen atoms in total. The first-order chi connectivity index (χ1) is 9.13. The van der Waals surface area contributed by atoms with E-state index in [4.69, 9.17) is 4.74 Å². The highest BCUT2D eigenvalue weighted by molar-refractivity contribution is 5.98. The first kappa shape index (κ1) is 13.5. The lowest BCUT2D eigenvalue weighted by Gasteiger charge is -2.27. The Labute approximate surface area is 112 Å². The van der Waals surface area contributed by atoms with Gasteiger partial charge in [-0.3, -0.25) is 4.79 Å². The number of aromatic nitrogens is 2. The number of ether oxygens (including phenoxy) is 1. The lowest BCUT2D eigenvalue weighted by molar-refractivity contribution is 0.0303. The molecule has 2 rings (SSSR count). The summed E-state index contributed by atoms with van der Waals surface area (Å²) >= 11 is 0. The van der Waals surface area contributed by atoms with Crippen LogP contribution in [0.15, 0.2) is 6.20 Å². The van der Waals surface area contributed by atoms with E-state index in [1.807, 2.05) is 14.1 Å². The topological polar surface area (TPSA) is 70.6 Å². The number of hydrogen-bond acceptors (Lipinski definition) is 6. The fourth-order valence-electron chi connectivity index (χ4n) is 1.87. The lowest BCUT2D eigenvalue weighted by Crippen LogP contribution is -2.41. The zero-order chi connectivity index (χ0) is 13.8. The SMILES string of the molecule is CNc1nc(N(C)C)ncc1C(=O)N1CCOCC1. The van der Waals surface area contributed by atoms with E-state index in [1.54, 1.807) is 23.0 Å². The number of nitrogens with one attached hydrogen (secondary N) is 1. The number of carbonyl (C=O) groups excluding carboxylic acids is 1. The number of hydrogen-bond donors (Lipinski definition) is 1. The van der Waals surface area contributed by atoms with Crippen molar-refractivity contribution in [3.05, 3.63) is 11.8 Å². The molecule has 0 bridgehead atoms. The molecule has 0 spiro atoms. The number of amides is 1. The van der Waals surface area contributed by atoms with Crippen LogP contribution in [0.25, 0.3) is 0 Å². The molecule has 0 aromatic carbocycles. The van der Waals surface area contributed by atoms with Crippen molar-refractivity contribution in [3.63, 3.8) is 0 Å². The zero-order valence-corrected chi connectivity index (χ0v) is 11.5. The third-order valence-corrected chi connectivity index (χ3v) is 2.94. The molecule has 1 N–H and O–H groups in total. The molecule has 0 aliphatic carbocycles. The molecule has 1 saturated heterocycles. The van der Waals surface area contributed by atoms with Gasteiger partial charge in [0, 0.05) is 40.4 Å². The fourth-order valence-corrected chi connectivity index (χ4v) is 1.87. The van der Waals surface area contributed by atoms with Crippen molar-refractivity contribution < 1.29 is 9.53 Å². The second-order valence-corrected chi connectivity index (χ2v) is 4.48. The fraction of sp³-hybridized carbons (Fsp3) is 0.583. The van der Waals surface area contributed by atoms with Crippen LogP contribution in [0.2, 0.25) is 0 Å². The average Bonchev–Trinajstić information content (AvgIpc) is 2.46. The second kappa shape index (κ2) is 5.83. The number of carbonyl (C=O) groups is 1. The molecule has 0 radical (unpaired) electrons. The highest BCUT2D eigenvalue weighted by Crippen LogP contribution is 2.17. The molecule has 1 aromatic heterocycles. The Morgan fingerprint density at radius 2 is 2.11 bits per heavy atom. The number of morpholine rings is 1. The number of rotatable bonds is 3. The zero-order valence-electron chi connectivity index (χ0n) is 11.5. The van der Waals surface area contributed by atoms with Gasteiger partial charge in [-0.15, -0.1) is 0 Å². The van der Waals surface area contributed by atoms with Crippen molar-refractivity contribution >= 4 is 17.7 Å². The second-order valence-electron chi connectivity index (χ2n) is 4.48. The number of nitrogens with zero attached hydrogens (tertiary/aromatic N) is 4. The maximum absolute atomic E-state index is 12.4. The highest BCUT2D eigenvalue weighted by atomic mass is 16.5. The van der Waals surface area contributed by atoms with Crippen LogP contribution in [0.1, 0.15) is 10.4 Å². The number of anilines is 2. The van der Waals surface area contributed by atoms with E-state index in [0.29, 0.717) is 43.6 Å². The van der Waals surface area contributed by atoms with Crippen molar-refractivity contribution in [3.8, 4) is 0 Å². The molecule has 104 valence electrons. The molecular formula is C12H19N5O2. The summed E-state index contributed by atoms with van der Waals surface area (Å²) in [4.78, 5) is 24.5. The molecule has 2 heterocycles. The Bertz CT molecular complexity index is 457. The summed E-state index contributed by atoms with van der Waals surface area (Å²) in [7, 11) is 5.47. The van der Waals surface area contributed by atoms with Gasteiger partial charge >= 0.3 is 0 Å². The molecule has 1 aliphatic heterocycles. The van der Waals surface area contributed by atoms with E-state index in [2.05, 4.69) is 15.3 Å². The Morgan fingerprint density at radius 1 is 1.42 bits per heavy atom. The van der Waals surface area contributed by atoms with E-state index in [1.165, 1.54) is 0 Å². The lowest BCUT2D eigenvalue weighted by atomic mass is 10.2. The molecule has 0 saturated carbocycles. The summed E-state index contributed by atoms with van der Waals surface area (Å²) in [5.74, 6) is 1.07. The third kappa shape index (κ3) is 2.93. The van der Waals surface area contributed by atoms with Crippen LogP contribution in [-0.4, -0.2) is 68.2 Å². The Hall–Kier alpha value is -1.89. The summed E-state index contributed by atoms with van der Waals surface area (Å²) in [6.45, 7) is 2.38. The van der Waals surface area contributed by atoms with Crippen molar-refractivity contribution in [1.82, 2.24) is 14.9 Å². The van der Waals surface area contributed by atoms with E-state index in [9.17, 15) is 4.79 Å². The van der Waals surface area contributed by atoms with E-state index in [-0.39, 0.29) is 5.91 Å². The molecule has 0 atom stereocenters. The van der Waals surface area contributed by atoms with Gasteiger partial charge in [-0.05, 0) is 0 Å². The van der Waals surface area contributed by atoms with E-state index in [0.717, 1.165) is 0 Å². The average molecular weight is 265 g/mol. The van der Waals surface area contributed by atoms with Crippen LogP contribution in [0, 0.1) is 0 Å². The quantitative estimate of drug-likeness (QED) is 0.833. The third-order valence-electron chi connectivity index (χ3n) is 2.94. The molecule has 7 heteroatoms. The minimum atomic E-state index is -0.0574. The minimum absolute atomic E-state index is 0.0574. The van der Waals surface area contributed by atoms with Gasteiger partial charge in [0.2, 0.25) is 5.95 Å². The van der Waals surface area contributed by atoms with E-state index < -0.39 is 0 Å². The van der Waals surface area contributed by atoms with E-state index >= 15 is 0 Å². The summed E-state index contributed by atoms with van der Waals surface area (Å²) < 4.78 is 5.25. The van der Waals surface area contributed by atoms with Gasteiger partial charge in [-0.1, -0.05) is 0 Å². The Morgan fingerprint density at radius 3 is 2.68 bits per heavy atom. The largest absolute Gasteiger partial charge is 0.378 e. The van der Waals surface area contributed by atoms with Crippen LogP contribution in [0.3, 0.4) is 0 Å². The smallest absolute Gasteiger partial charge is 0.259 e. The standard InChI is InChI=1S/C12H19N5O2/c1-13-10-9(8-14-12(15-10)16(2)3)11(18)17-4-6-19-7-5-17/h8H,4-7H2,1-3H3,(H,13,14,15). The monoisotopic (exact) mass is 265 g/mol. The van der Waals surface area contributed by atoms with Gasteiger partial charge in [0.25, 0.3) is 5.91 Å². The molecule has 1 fully saturated rings. The summed E-state index contributed by atoms with van der Waals surface area (Å²) in [6.07, 6.45) is 1.58. The first-order valence-corrected chi connectivity index (χ1v) is 6.22. The van der Waals surface area contributed by atoms with Crippen LogP contribution < -0.4 is 10.2 Å². The first-order valence-electron chi connectivity index (χ1n) is 6.22. The highest BCUT2D eigenvalue weighted by Gasteiger charge is 2.22. The van der Waals surface area contributed by atoms with Crippen molar-refractivity contribution in [2.24, 2.45) is 0 Å². The van der Waals surface area contributed by atoms with Crippen LogP contribution in [-0.2, 0) is 4.74 Å². The van der Waals surface area contributed by atoms with Gasteiger partial charge in [0.1, 0.15) is 11.4 Å². The van der Waals surface area contributed by atoms with Crippen LogP contribution in [0.5, 0.6) is 0 Å². The van der Waals surface area contributed by atoms with Crippen LogP contribution >= 0.6 is 0 Å². The Balaban J connectivity index is 2.25. The molecule has 1 aromatic rings. The van der Waals surface area contributed by atoms with Crippen molar-refractivity contribution in [2.45, 2.75) is 0 Å². The predicted octanol–water partition coefficient (Wildman–Crippen LogP) is 0.0567.